The summed E-state index contributed by atoms with van der Waals surface area (Å²) in [6.45, 7) is 1.33. The second-order valence-corrected chi connectivity index (χ2v) is 15.7. The number of unbranched alkanes of at least 4 members (excludes halogenated alkanes) is 3. The normalized spacial score (nSPS) is 12.1. The SMILES string of the molecule is CO[Si](CCCSC(=O)NCCCCCCNC(=O)SCCC[Si](OC)(OC)OC)(OC)OC. The van der Waals surface area contributed by atoms with Gasteiger partial charge in [-0.15, -0.1) is 0 Å². The van der Waals surface area contributed by atoms with Gasteiger partial charge >= 0.3 is 17.6 Å². The number of carbonyl (C=O) groups is 2. The molecule has 0 saturated heterocycles. The Labute approximate surface area is 216 Å². The van der Waals surface area contributed by atoms with Crippen LogP contribution < -0.4 is 10.6 Å². The average Bonchev–Trinajstić information content (AvgIpc) is 2.86. The molecule has 0 rings (SSSR count). The Hall–Kier alpha value is -0.166. The van der Waals surface area contributed by atoms with E-state index in [0.717, 1.165) is 38.5 Å². The summed E-state index contributed by atoms with van der Waals surface area (Å²) in [7, 11) is 4.45. The first-order chi connectivity index (χ1) is 16.4. The van der Waals surface area contributed by atoms with Gasteiger partial charge in [-0.25, -0.2) is 0 Å². The lowest BCUT2D eigenvalue weighted by Gasteiger charge is -2.24. The molecular formula is C20H44N2O8S2Si2. The van der Waals surface area contributed by atoms with Crippen molar-refractivity contribution in [3.05, 3.63) is 0 Å². The van der Waals surface area contributed by atoms with Crippen molar-refractivity contribution in [2.45, 2.75) is 50.6 Å². The van der Waals surface area contributed by atoms with Crippen LogP contribution >= 0.6 is 23.5 Å². The maximum Gasteiger partial charge on any atom is 0.500 e. The van der Waals surface area contributed by atoms with Gasteiger partial charge in [-0.1, -0.05) is 36.4 Å². The highest BCUT2D eigenvalue weighted by Gasteiger charge is 2.37. The summed E-state index contributed by atoms with van der Waals surface area (Å²) in [6.07, 6.45) is 5.45. The minimum Gasteiger partial charge on any atom is -0.377 e. The van der Waals surface area contributed by atoms with Crippen molar-refractivity contribution in [3.63, 3.8) is 0 Å². The summed E-state index contributed by atoms with van der Waals surface area (Å²) in [6, 6.07) is 1.37. The van der Waals surface area contributed by atoms with Crippen molar-refractivity contribution >= 4 is 51.6 Å². The fraction of sp³-hybridized carbons (Fsp3) is 0.900. The largest absolute Gasteiger partial charge is 0.500 e. The molecule has 0 radical (unpaired) electrons. The van der Waals surface area contributed by atoms with Crippen molar-refractivity contribution in [2.24, 2.45) is 0 Å². The van der Waals surface area contributed by atoms with Crippen molar-refractivity contribution in [2.75, 3.05) is 67.3 Å². The summed E-state index contributed by atoms with van der Waals surface area (Å²) >= 11 is 2.55. The standard InChI is InChI=1S/C20H44N2O8S2Si2/c1-25-33(26-2,27-3)17-11-15-31-19(23)21-13-9-7-8-10-14-22-20(24)32-16-12-18-34(28-4,29-5)30-6/h7-18H2,1-6H3,(H,21,23)(H,22,24). The molecule has 0 aliphatic rings. The van der Waals surface area contributed by atoms with Crippen LogP contribution in [-0.4, -0.2) is 95.3 Å². The van der Waals surface area contributed by atoms with Crippen LogP contribution in [0.5, 0.6) is 0 Å². The van der Waals surface area contributed by atoms with E-state index < -0.39 is 17.6 Å². The summed E-state index contributed by atoms with van der Waals surface area (Å²) in [4.78, 5) is 23.8. The van der Waals surface area contributed by atoms with Gasteiger partial charge in [-0.2, -0.15) is 0 Å². The minimum atomic E-state index is -2.55. The van der Waals surface area contributed by atoms with E-state index in [-0.39, 0.29) is 10.5 Å². The molecule has 0 aliphatic heterocycles. The molecule has 34 heavy (non-hydrogen) atoms. The number of nitrogens with one attached hydrogen (secondary N) is 2. The van der Waals surface area contributed by atoms with E-state index in [4.69, 9.17) is 26.6 Å². The van der Waals surface area contributed by atoms with E-state index >= 15 is 0 Å². The second kappa shape index (κ2) is 21.0. The highest BCUT2D eigenvalue weighted by atomic mass is 32.2. The van der Waals surface area contributed by atoms with Crippen molar-refractivity contribution < 1.29 is 36.1 Å². The third-order valence-electron chi connectivity index (χ3n) is 5.23. The molecule has 202 valence electrons. The first kappa shape index (κ1) is 33.8. The molecule has 2 amide bonds. The zero-order valence-corrected chi connectivity index (χ0v) is 25.2. The smallest absolute Gasteiger partial charge is 0.377 e. The third-order valence-corrected chi connectivity index (χ3v) is 12.7. The maximum absolute atomic E-state index is 11.9. The fourth-order valence-corrected chi connectivity index (χ4v) is 8.42. The van der Waals surface area contributed by atoms with Crippen LogP contribution in [0.3, 0.4) is 0 Å². The van der Waals surface area contributed by atoms with Crippen molar-refractivity contribution in [1.82, 2.24) is 10.6 Å². The van der Waals surface area contributed by atoms with Gasteiger partial charge in [0.2, 0.25) is 0 Å². The van der Waals surface area contributed by atoms with E-state index in [2.05, 4.69) is 10.6 Å². The quantitative estimate of drug-likeness (QED) is 0.158. The first-order valence-corrected chi connectivity index (χ1v) is 17.3. The predicted molar refractivity (Wildman–Crippen MR) is 143 cm³/mol. The molecule has 2 N–H and O–H groups in total. The molecule has 0 saturated carbocycles. The van der Waals surface area contributed by atoms with Crippen LogP contribution in [0.2, 0.25) is 12.1 Å². The van der Waals surface area contributed by atoms with Crippen molar-refractivity contribution in [3.8, 4) is 0 Å². The summed E-state index contributed by atoms with van der Waals surface area (Å²) < 4.78 is 32.2. The van der Waals surface area contributed by atoms with Gasteiger partial charge < -0.3 is 37.2 Å². The summed E-state index contributed by atoms with van der Waals surface area (Å²) in [5.41, 5.74) is 0. The summed E-state index contributed by atoms with van der Waals surface area (Å²) in [5.74, 6) is 1.39. The van der Waals surface area contributed by atoms with Crippen LogP contribution in [0, 0.1) is 0 Å². The van der Waals surface area contributed by atoms with E-state index in [1.807, 2.05) is 0 Å². The van der Waals surface area contributed by atoms with Crippen LogP contribution in [0.4, 0.5) is 9.59 Å². The lowest BCUT2D eigenvalue weighted by molar-refractivity contribution is 0.123. The van der Waals surface area contributed by atoms with Gasteiger partial charge in [-0.3, -0.25) is 9.59 Å². The third kappa shape index (κ3) is 15.1. The molecule has 0 aromatic rings. The number of rotatable bonds is 21. The zero-order valence-electron chi connectivity index (χ0n) is 21.6. The molecule has 0 aliphatic carbocycles. The van der Waals surface area contributed by atoms with Crippen molar-refractivity contribution in [1.29, 1.82) is 0 Å². The highest BCUT2D eigenvalue weighted by Crippen LogP contribution is 2.18. The van der Waals surface area contributed by atoms with Crippen LogP contribution in [0.25, 0.3) is 0 Å². The molecule has 10 nitrogen and oxygen atoms in total. The molecule has 0 spiro atoms. The van der Waals surface area contributed by atoms with Gasteiger partial charge in [0, 0.05) is 79.3 Å². The number of hydrogen-bond acceptors (Lipinski definition) is 10. The fourth-order valence-electron chi connectivity index (χ4n) is 3.11. The second-order valence-electron chi connectivity index (χ2n) is 7.34. The average molecular weight is 561 g/mol. The predicted octanol–water partition coefficient (Wildman–Crippen LogP) is 3.97. The van der Waals surface area contributed by atoms with Gasteiger partial charge in [0.25, 0.3) is 10.5 Å². The monoisotopic (exact) mass is 560 g/mol. The Kier molecular flexibility index (Phi) is 20.9. The lowest BCUT2D eigenvalue weighted by atomic mass is 10.2. The Morgan fingerprint density at radius 3 is 1.18 bits per heavy atom. The lowest BCUT2D eigenvalue weighted by Crippen LogP contribution is -2.42. The topological polar surface area (TPSA) is 114 Å². The number of thioether (sulfide) groups is 2. The molecule has 14 heteroatoms. The van der Waals surface area contributed by atoms with Gasteiger partial charge in [0.15, 0.2) is 0 Å². The van der Waals surface area contributed by atoms with E-state index in [1.165, 1.54) is 23.5 Å². The van der Waals surface area contributed by atoms with Gasteiger partial charge in [0.05, 0.1) is 0 Å². The minimum absolute atomic E-state index is 0.00906. The molecule has 0 heterocycles. The first-order valence-electron chi connectivity index (χ1n) is 11.5. The van der Waals surface area contributed by atoms with E-state index in [9.17, 15) is 9.59 Å². The maximum atomic E-state index is 11.9. The number of hydrogen-bond donors (Lipinski definition) is 2. The van der Waals surface area contributed by atoms with Crippen LogP contribution in [0.15, 0.2) is 0 Å². The number of amides is 2. The molecule has 0 atom stereocenters. The zero-order chi connectivity index (χ0) is 25.7. The molecule has 0 aromatic carbocycles. The Morgan fingerprint density at radius 1 is 0.559 bits per heavy atom. The highest BCUT2D eigenvalue weighted by molar-refractivity contribution is 8.13. The van der Waals surface area contributed by atoms with Gasteiger partial charge in [0.1, 0.15) is 0 Å². The van der Waals surface area contributed by atoms with Gasteiger partial charge in [-0.05, 0) is 25.7 Å². The molecule has 0 bridgehead atoms. The van der Waals surface area contributed by atoms with Crippen LogP contribution in [-0.2, 0) is 26.6 Å². The Balaban J connectivity index is 3.62. The number of carbonyl (C=O) groups excluding carboxylic acids is 2. The van der Waals surface area contributed by atoms with E-state index in [0.29, 0.717) is 36.7 Å². The Bertz CT molecular complexity index is 482. The van der Waals surface area contributed by atoms with Crippen LogP contribution in [0.1, 0.15) is 38.5 Å². The summed E-state index contributed by atoms with van der Waals surface area (Å²) in [5, 5.41) is 5.84. The molecular weight excluding hydrogens is 517 g/mol. The molecule has 0 fully saturated rings. The van der Waals surface area contributed by atoms with E-state index in [1.54, 1.807) is 42.7 Å². The molecule has 0 aromatic heterocycles. The Morgan fingerprint density at radius 2 is 0.882 bits per heavy atom. The molecule has 0 unspecified atom stereocenters.